The molecule has 1 heterocycles. The molecule has 0 bridgehead atoms. The Morgan fingerprint density at radius 2 is 1.74 bits per heavy atom. The Morgan fingerprint density at radius 1 is 1.06 bits per heavy atom. The van der Waals surface area contributed by atoms with Gasteiger partial charge in [-0.25, -0.2) is 9.82 Å². The standard InChI is InChI=1S/C27H26FN3O3/c1-2-19-5-11-24(12-6-19)31-17-22(15-26(31)32)27(33)30-29-16-20-7-13-25(14-8-20)34-18-21-3-9-23(28)10-4-21/h3-14,16,22H,2,15,17-18H2,1H3,(H,30,33)/b29-16+/t22-/m1/s1. The van der Waals surface area contributed by atoms with Crippen LogP contribution in [0, 0.1) is 11.7 Å². The number of carbonyl (C=O) groups excluding carboxylic acids is 2. The molecule has 1 atom stereocenters. The van der Waals surface area contributed by atoms with Crippen molar-refractivity contribution in [3.8, 4) is 5.75 Å². The van der Waals surface area contributed by atoms with Gasteiger partial charge in [0.05, 0.1) is 12.1 Å². The Kier molecular flexibility index (Phi) is 7.32. The van der Waals surface area contributed by atoms with E-state index in [9.17, 15) is 14.0 Å². The van der Waals surface area contributed by atoms with Crippen molar-refractivity contribution in [3.63, 3.8) is 0 Å². The van der Waals surface area contributed by atoms with Crippen molar-refractivity contribution < 1.29 is 18.7 Å². The topological polar surface area (TPSA) is 71.0 Å². The van der Waals surface area contributed by atoms with Crippen molar-refractivity contribution in [3.05, 3.63) is 95.3 Å². The van der Waals surface area contributed by atoms with Crippen LogP contribution in [0.15, 0.2) is 77.9 Å². The van der Waals surface area contributed by atoms with Gasteiger partial charge in [0.1, 0.15) is 18.2 Å². The van der Waals surface area contributed by atoms with Gasteiger partial charge in [0.25, 0.3) is 0 Å². The molecule has 1 N–H and O–H groups in total. The molecule has 174 valence electrons. The van der Waals surface area contributed by atoms with E-state index in [1.54, 1.807) is 35.4 Å². The summed E-state index contributed by atoms with van der Waals surface area (Å²) in [6, 6.07) is 21.2. The second-order valence-corrected chi connectivity index (χ2v) is 8.14. The van der Waals surface area contributed by atoms with Crippen LogP contribution >= 0.6 is 0 Å². The minimum atomic E-state index is -0.447. The van der Waals surface area contributed by atoms with Crippen molar-refractivity contribution in [1.29, 1.82) is 0 Å². The molecule has 34 heavy (non-hydrogen) atoms. The first-order valence-corrected chi connectivity index (χ1v) is 11.2. The fourth-order valence-electron chi connectivity index (χ4n) is 3.70. The second kappa shape index (κ2) is 10.7. The summed E-state index contributed by atoms with van der Waals surface area (Å²) in [4.78, 5) is 26.6. The number of halogens is 1. The highest BCUT2D eigenvalue weighted by Crippen LogP contribution is 2.25. The van der Waals surface area contributed by atoms with Gasteiger partial charge in [-0.2, -0.15) is 5.10 Å². The van der Waals surface area contributed by atoms with Crippen LogP contribution in [0.3, 0.4) is 0 Å². The Balaban J connectivity index is 1.26. The van der Waals surface area contributed by atoms with Crippen molar-refractivity contribution in [2.45, 2.75) is 26.4 Å². The molecule has 0 aromatic heterocycles. The van der Waals surface area contributed by atoms with Gasteiger partial charge in [0.2, 0.25) is 11.8 Å². The molecule has 1 aliphatic rings. The normalized spacial score (nSPS) is 15.6. The molecule has 6 nitrogen and oxygen atoms in total. The number of hydrogen-bond donors (Lipinski definition) is 1. The van der Waals surface area contributed by atoms with Crippen LogP contribution in [0.2, 0.25) is 0 Å². The summed E-state index contributed by atoms with van der Waals surface area (Å²) in [5.74, 6) is -0.404. The largest absolute Gasteiger partial charge is 0.489 e. The van der Waals surface area contributed by atoms with Crippen LogP contribution in [0.25, 0.3) is 0 Å². The van der Waals surface area contributed by atoms with E-state index in [0.29, 0.717) is 18.9 Å². The highest BCUT2D eigenvalue weighted by molar-refractivity contribution is 6.00. The van der Waals surface area contributed by atoms with E-state index in [1.165, 1.54) is 17.7 Å². The first-order valence-electron chi connectivity index (χ1n) is 11.2. The highest BCUT2D eigenvalue weighted by Gasteiger charge is 2.35. The van der Waals surface area contributed by atoms with E-state index in [2.05, 4.69) is 17.5 Å². The lowest BCUT2D eigenvalue weighted by atomic mass is 10.1. The van der Waals surface area contributed by atoms with Crippen LogP contribution in [0.4, 0.5) is 10.1 Å². The Hall–Kier alpha value is -4.00. The summed E-state index contributed by atoms with van der Waals surface area (Å²) in [6.07, 6.45) is 2.64. The molecule has 3 aromatic rings. The van der Waals surface area contributed by atoms with Crippen LogP contribution in [-0.2, 0) is 22.6 Å². The summed E-state index contributed by atoms with van der Waals surface area (Å²) in [5, 5.41) is 4.03. The maximum Gasteiger partial charge on any atom is 0.245 e. The number of hydrogen-bond acceptors (Lipinski definition) is 4. The number of hydrazone groups is 1. The molecular weight excluding hydrogens is 433 g/mol. The number of rotatable bonds is 8. The van der Waals surface area contributed by atoms with Crippen LogP contribution in [0.5, 0.6) is 5.75 Å². The third-order valence-electron chi connectivity index (χ3n) is 5.74. The van der Waals surface area contributed by atoms with E-state index in [1.807, 2.05) is 36.4 Å². The molecule has 3 aromatic carbocycles. The number of amides is 2. The van der Waals surface area contributed by atoms with Gasteiger partial charge in [-0.15, -0.1) is 0 Å². The van der Waals surface area contributed by atoms with Crippen molar-refractivity contribution in [2.24, 2.45) is 11.0 Å². The third-order valence-corrected chi connectivity index (χ3v) is 5.74. The molecule has 4 rings (SSSR count). The average molecular weight is 460 g/mol. The fraction of sp³-hybridized carbons (Fsp3) is 0.222. The zero-order chi connectivity index (χ0) is 23.9. The summed E-state index contributed by atoms with van der Waals surface area (Å²) in [5.41, 5.74) is 6.21. The lowest BCUT2D eigenvalue weighted by molar-refractivity contribution is -0.126. The molecule has 7 heteroatoms. The molecule has 0 unspecified atom stereocenters. The van der Waals surface area contributed by atoms with Gasteiger partial charge in [-0.3, -0.25) is 9.59 Å². The lowest BCUT2D eigenvalue weighted by Gasteiger charge is -2.16. The molecule has 0 aliphatic carbocycles. The summed E-state index contributed by atoms with van der Waals surface area (Å²) < 4.78 is 18.7. The summed E-state index contributed by atoms with van der Waals surface area (Å²) >= 11 is 0. The van der Waals surface area contributed by atoms with Crippen molar-refractivity contribution in [2.75, 3.05) is 11.4 Å². The first kappa shape index (κ1) is 23.2. The van der Waals surface area contributed by atoms with Gasteiger partial charge in [0, 0.05) is 18.7 Å². The average Bonchev–Trinajstić information content (AvgIpc) is 3.26. The summed E-state index contributed by atoms with van der Waals surface area (Å²) in [7, 11) is 0. The number of nitrogens with one attached hydrogen (secondary N) is 1. The zero-order valence-electron chi connectivity index (χ0n) is 18.9. The number of anilines is 1. The van der Waals surface area contributed by atoms with Gasteiger partial charge >= 0.3 is 0 Å². The second-order valence-electron chi connectivity index (χ2n) is 8.14. The predicted molar refractivity (Wildman–Crippen MR) is 129 cm³/mol. The first-order chi connectivity index (χ1) is 16.5. The molecule has 1 aliphatic heterocycles. The van der Waals surface area contributed by atoms with Crippen LogP contribution in [0.1, 0.15) is 30.0 Å². The minimum Gasteiger partial charge on any atom is -0.489 e. The van der Waals surface area contributed by atoms with Crippen molar-refractivity contribution in [1.82, 2.24) is 5.43 Å². The maximum atomic E-state index is 13.0. The number of benzene rings is 3. The lowest BCUT2D eigenvalue weighted by Crippen LogP contribution is -2.30. The zero-order valence-corrected chi connectivity index (χ0v) is 18.9. The Morgan fingerprint density at radius 3 is 2.41 bits per heavy atom. The van der Waals surface area contributed by atoms with E-state index in [4.69, 9.17) is 4.74 Å². The number of nitrogens with zero attached hydrogens (tertiary/aromatic N) is 2. The monoisotopic (exact) mass is 459 g/mol. The molecule has 2 amide bonds. The smallest absolute Gasteiger partial charge is 0.245 e. The number of aryl methyl sites for hydroxylation is 1. The molecule has 0 spiro atoms. The maximum absolute atomic E-state index is 13.0. The van der Waals surface area contributed by atoms with Gasteiger partial charge in [-0.1, -0.05) is 31.2 Å². The predicted octanol–water partition coefficient (Wildman–Crippen LogP) is 4.47. The molecular formula is C27H26FN3O3. The van der Waals surface area contributed by atoms with Gasteiger partial charge in [-0.05, 0) is 71.6 Å². The molecule has 1 saturated heterocycles. The Labute approximate surface area is 198 Å². The minimum absolute atomic E-state index is 0.0652. The van der Waals surface area contributed by atoms with E-state index in [0.717, 1.165) is 23.2 Å². The van der Waals surface area contributed by atoms with Crippen LogP contribution in [-0.4, -0.2) is 24.6 Å². The molecule has 0 saturated carbocycles. The van der Waals surface area contributed by atoms with Crippen molar-refractivity contribution >= 4 is 23.7 Å². The molecule has 1 fully saturated rings. The van der Waals surface area contributed by atoms with E-state index in [-0.39, 0.29) is 24.1 Å². The van der Waals surface area contributed by atoms with E-state index < -0.39 is 5.92 Å². The number of carbonyl (C=O) groups is 2. The van der Waals surface area contributed by atoms with E-state index >= 15 is 0 Å². The molecule has 0 radical (unpaired) electrons. The summed E-state index contributed by atoms with van der Waals surface area (Å²) in [6.45, 7) is 2.75. The van der Waals surface area contributed by atoms with Gasteiger partial charge in [0.15, 0.2) is 0 Å². The number of ether oxygens (including phenoxy) is 1. The fourth-order valence-corrected chi connectivity index (χ4v) is 3.70. The quantitative estimate of drug-likeness (QED) is 0.399. The SMILES string of the molecule is CCc1ccc(N2C[C@H](C(=O)N/N=C/c3ccc(OCc4ccc(F)cc4)cc3)CC2=O)cc1. The van der Waals surface area contributed by atoms with Crippen LogP contribution < -0.4 is 15.1 Å². The van der Waals surface area contributed by atoms with Gasteiger partial charge < -0.3 is 9.64 Å². The Bertz CT molecular complexity index is 1160. The third kappa shape index (κ3) is 5.86. The highest BCUT2D eigenvalue weighted by atomic mass is 19.1.